The van der Waals surface area contributed by atoms with Gasteiger partial charge in [-0.15, -0.1) is 0 Å². The van der Waals surface area contributed by atoms with E-state index in [0.717, 1.165) is 12.5 Å². The number of carbonyl (C=O) groups is 7. The smallest absolute Gasteiger partial charge is 0.394 e. The number of carbonyl (C=O) groups excluding carboxylic acids is 7. The number of rotatable bonds is 22. The minimum absolute atomic E-state index is 0.112. The average Bonchev–Trinajstić information content (AvgIpc) is 3.87. The van der Waals surface area contributed by atoms with Crippen LogP contribution in [0.5, 0.6) is 0 Å². The maximum atomic E-state index is 13.9. The predicted molar refractivity (Wildman–Crippen MR) is 205 cm³/mol. The quantitative estimate of drug-likeness (QED) is 0.0577. The number of aromatic nitrogens is 2. The van der Waals surface area contributed by atoms with E-state index in [0.29, 0.717) is 31.5 Å². The molecule has 1 saturated heterocycles. The summed E-state index contributed by atoms with van der Waals surface area (Å²) < 4.78 is 16.1. The van der Waals surface area contributed by atoms with E-state index in [-0.39, 0.29) is 31.1 Å². The first-order valence-corrected chi connectivity index (χ1v) is 20.3. The molecule has 320 valence electrons. The van der Waals surface area contributed by atoms with E-state index < -0.39 is 92.2 Å². The van der Waals surface area contributed by atoms with Gasteiger partial charge in [-0.25, -0.2) is 9.55 Å². The molecule has 1 aromatic carbocycles. The molecule has 0 saturated carbocycles. The van der Waals surface area contributed by atoms with Crippen molar-refractivity contribution >= 4 is 49.2 Å². The summed E-state index contributed by atoms with van der Waals surface area (Å²) in [7, 11) is -5.21. The number of nitrogens with two attached hydrogens (primary N) is 1. The zero-order valence-corrected chi connectivity index (χ0v) is 33.6. The van der Waals surface area contributed by atoms with Crippen molar-refractivity contribution in [3.63, 3.8) is 0 Å². The zero-order chi connectivity index (χ0) is 43.2. The molecule has 7 atom stereocenters. The summed E-state index contributed by atoms with van der Waals surface area (Å²) in [6.45, 7) is 5.25. The Balaban J connectivity index is 1.77. The molecule has 3 rings (SSSR count). The fourth-order valence-electron chi connectivity index (χ4n) is 6.21. The lowest BCUT2D eigenvalue weighted by Gasteiger charge is -2.29. The van der Waals surface area contributed by atoms with Crippen LogP contribution >= 0.6 is 7.82 Å². The highest BCUT2D eigenvalue weighted by Gasteiger charge is 2.38. The lowest BCUT2D eigenvalue weighted by Crippen LogP contribution is -2.62. The van der Waals surface area contributed by atoms with Gasteiger partial charge in [-0.2, -0.15) is 0 Å². The number of aliphatic hydroxyl groups is 1. The number of phosphoric ester groups is 1. The van der Waals surface area contributed by atoms with Crippen LogP contribution in [-0.4, -0.2) is 127 Å². The number of nitrogens with one attached hydrogen (secondary N) is 6. The van der Waals surface area contributed by atoms with Crippen molar-refractivity contribution in [2.45, 2.75) is 109 Å². The summed E-state index contributed by atoms with van der Waals surface area (Å²) in [6.07, 6.45) is 2.65. The Morgan fingerprint density at radius 3 is 2.14 bits per heavy atom. The molecular weight excluding hydrogens is 781 g/mol. The molecule has 0 radical (unpaired) electrons. The van der Waals surface area contributed by atoms with Gasteiger partial charge in [-0.1, -0.05) is 44.2 Å². The summed E-state index contributed by atoms with van der Waals surface area (Å²) in [5, 5.41) is 22.1. The second kappa shape index (κ2) is 22.1. The molecule has 1 aromatic heterocycles. The van der Waals surface area contributed by atoms with Crippen molar-refractivity contribution in [3.05, 3.63) is 54.1 Å². The molecule has 1 aliphatic heterocycles. The lowest BCUT2D eigenvalue weighted by molar-refractivity contribution is -0.140. The SMILES string of the molecule is CC(C)C[C@H](NC(=O)[C@@H]1CCCN1C(=O)CCc1ccccc1)C(=O)N[C@@H](Cc1cnc[nH]1)C(=O)N[C@@H](CO)C(=O)N[C@H](C(=O)N[C@@H](C)C(N)=O)[C@@H](C)OP(=O)(O)O. The Hall–Kier alpha value is -5.21. The van der Waals surface area contributed by atoms with Crippen LogP contribution in [0.15, 0.2) is 42.9 Å². The second-order valence-electron chi connectivity index (χ2n) is 14.4. The van der Waals surface area contributed by atoms with Crippen molar-refractivity contribution in [1.29, 1.82) is 0 Å². The Morgan fingerprint density at radius 1 is 0.914 bits per heavy atom. The van der Waals surface area contributed by atoms with E-state index in [9.17, 15) is 53.0 Å². The van der Waals surface area contributed by atoms with E-state index in [1.807, 2.05) is 44.2 Å². The molecule has 11 N–H and O–H groups in total. The van der Waals surface area contributed by atoms with Crippen molar-refractivity contribution in [3.8, 4) is 0 Å². The van der Waals surface area contributed by atoms with Gasteiger partial charge in [0, 0.05) is 31.3 Å². The van der Waals surface area contributed by atoms with Gasteiger partial charge in [-0.3, -0.25) is 38.1 Å². The maximum absolute atomic E-state index is 13.9. The van der Waals surface area contributed by atoms with Gasteiger partial charge in [0.25, 0.3) is 0 Å². The second-order valence-corrected chi connectivity index (χ2v) is 15.6. The summed E-state index contributed by atoms with van der Waals surface area (Å²) in [5.74, 6) is -5.88. The molecular formula is C36H54N9O12P. The molecule has 21 nitrogen and oxygen atoms in total. The largest absolute Gasteiger partial charge is 0.469 e. The maximum Gasteiger partial charge on any atom is 0.469 e. The highest BCUT2D eigenvalue weighted by Crippen LogP contribution is 2.38. The molecule has 22 heteroatoms. The van der Waals surface area contributed by atoms with Crippen LogP contribution in [0.25, 0.3) is 0 Å². The van der Waals surface area contributed by atoms with Crippen LogP contribution in [0.2, 0.25) is 0 Å². The molecule has 0 unspecified atom stereocenters. The van der Waals surface area contributed by atoms with Gasteiger partial charge in [0.2, 0.25) is 41.4 Å². The normalized spacial score (nSPS) is 17.2. The van der Waals surface area contributed by atoms with Crippen molar-refractivity contribution in [2.75, 3.05) is 13.2 Å². The molecule has 58 heavy (non-hydrogen) atoms. The van der Waals surface area contributed by atoms with Gasteiger partial charge in [0.05, 0.1) is 19.0 Å². The van der Waals surface area contributed by atoms with E-state index >= 15 is 0 Å². The van der Waals surface area contributed by atoms with Crippen LogP contribution in [0, 0.1) is 5.92 Å². The molecule has 0 aliphatic carbocycles. The van der Waals surface area contributed by atoms with Crippen LogP contribution in [0.1, 0.15) is 64.6 Å². The monoisotopic (exact) mass is 835 g/mol. The molecule has 0 bridgehead atoms. The number of imidazole rings is 1. The molecule has 2 heterocycles. The average molecular weight is 836 g/mol. The van der Waals surface area contributed by atoms with E-state index in [1.54, 1.807) is 0 Å². The number of benzene rings is 1. The number of aliphatic hydroxyl groups excluding tert-OH is 1. The summed E-state index contributed by atoms with van der Waals surface area (Å²) >= 11 is 0. The number of hydrogen-bond donors (Lipinski definition) is 10. The minimum Gasteiger partial charge on any atom is -0.394 e. The van der Waals surface area contributed by atoms with Gasteiger partial charge in [0.1, 0.15) is 36.3 Å². The molecule has 1 aliphatic rings. The molecule has 2 aromatic rings. The topological polar surface area (TPSA) is 325 Å². The summed E-state index contributed by atoms with van der Waals surface area (Å²) in [5.41, 5.74) is 6.55. The van der Waals surface area contributed by atoms with Crippen LogP contribution in [0.3, 0.4) is 0 Å². The van der Waals surface area contributed by atoms with Crippen LogP contribution in [-0.2, 0) is 55.5 Å². The third kappa shape index (κ3) is 14.9. The molecule has 7 amide bonds. The number of likely N-dealkylation sites (tertiary alicyclic amines) is 1. The highest BCUT2D eigenvalue weighted by molar-refractivity contribution is 7.46. The first-order chi connectivity index (χ1) is 27.3. The molecule has 1 fully saturated rings. The number of H-pyrrole nitrogens is 1. The minimum atomic E-state index is -5.21. The number of nitrogens with zero attached hydrogens (tertiary/aromatic N) is 2. The number of phosphoric acid groups is 1. The van der Waals surface area contributed by atoms with E-state index in [1.165, 1.54) is 24.3 Å². The van der Waals surface area contributed by atoms with Gasteiger partial charge >= 0.3 is 7.82 Å². The fraction of sp³-hybridized carbons (Fsp3) is 0.556. The van der Waals surface area contributed by atoms with Crippen molar-refractivity contribution in [2.24, 2.45) is 11.7 Å². The van der Waals surface area contributed by atoms with Crippen molar-refractivity contribution in [1.82, 2.24) is 41.5 Å². The number of aryl methyl sites for hydroxylation is 1. The first kappa shape index (κ1) is 47.2. The fourth-order valence-corrected chi connectivity index (χ4v) is 6.77. The Morgan fingerprint density at radius 2 is 1.55 bits per heavy atom. The Bertz CT molecular complexity index is 1780. The van der Waals surface area contributed by atoms with Gasteiger partial charge in [-0.05, 0) is 51.0 Å². The van der Waals surface area contributed by atoms with Gasteiger partial charge in [0.15, 0.2) is 0 Å². The Kier molecular flexibility index (Phi) is 18.0. The molecule has 0 spiro atoms. The number of aromatic amines is 1. The van der Waals surface area contributed by atoms with Crippen molar-refractivity contribution < 1.29 is 57.5 Å². The standard InChI is InChI=1S/C36H54N9O12P/c1-20(2)15-25(42-35(52)28-11-8-14-45(28)29(47)13-12-23-9-6-5-7-10-23)32(49)41-26(16-24-17-38-19-39-24)33(50)43-27(18-46)34(51)44-30(22(4)57-58(54,55)56)36(53)40-21(3)31(37)48/h5-7,9-10,17,19-22,25-28,30,46H,8,11-16,18H2,1-4H3,(H2,37,48)(H,38,39)(H,40,53)(H,41,49)(H,42,52)(H,43,50)(H,44,51)(H2,54,55,56)/t21-,22+,25-,26-,27-,28-,30-/m0/s1. The number of hydrogen-bond acceptors (Lipinski definition) is 11. The van der Waals surface area contributed by atoms with E-state index in [2.05, 4.69) is 41.1 Å². The number of primary amides is 1. The van der Waals surface area contributed by atoms with E-state index in [4.69, 9.17) is 5.73 Å². The predicted octanol–water partition coefficient (Wildman–Crippen LogP) is -1.96. The third-order valence-corrected chi connectivity index (χ3v) is 9.86. The summed E-state index contributed by atoms with van der Waals surface area (Å²) in [6, 6.07) is 1.13. The summed E-state index contributed by atoms with van der Waals surface area (Å²) in [4.78, 5) is 119. The highest BCUT2D eigenvalue weighted by atomic mass is 31.2. The lowest BCUT2D eigenvalue weighted by atomic mass is 10.0. The number of amides is 7. The Labute approximate surface area is 335 Å². The van der Waals surface area contributed by atoms with Gasteiger partial charge < -0.3 is 57.1 Å². The van der Waals surface area contributed by atoms with Crippen LogP contribution < -0.4 is 32.3 Å². The first-order valence-electron chi connectivity index (χ1n) is 18.8. The van der Waals surface area contributed by atoms with Crippen LogP contribution in [0.4, 0.5) is 0 Å². The third-order valence-electron chi connectivity index (χ3n) is 9.25. The zero-order valence-electron chi connectivity index (χ0n) is 32.8.